The van der Waals surface area contributed by atoms with Crippen molar-refractivity contribution < 1.29 is 32.3 Å². The summed E-state index contributed by atoms with van der Waals surface area (Å²) in [6.07, 6.45) is 1.48. The van der Waals surface area contributed by atoms with Crippen molar-refractivity contribution in [2.75, 3.05) is 31.5 Å². The maximum atomic E-state index is 13.6. The first kappa shape index (κ1) is 37.0. The fraction of sp³-hybridized carbons (Fsp3) is 0.528. The molecule has 3 N–H and O–H groups in total. The van der Waals surface area contributed by atoms with Gasteiger partial charge < -0.3 is 34.9 Å². The summed E-state index contributed by atoms with van der Waals surface area (Å²) in [6, 6.07) is 12.0. The second-order valence-corrected chi connectivity index (χ2v) is 17.1. The van der Waals surface area contributed by atoms with E-state index in [0.29, 0.717) is 26.1 Å². The number of carbonyl (C=O) groups is 3. The first-order valence-corrected chi connectivity index (χ1v) is 18.4. The molecule has 13 nitrogen and oxygen atoms in total. The van der Waals surface area contributed by atoms with Crippen molar-refractivity contribution in [3.05, 3.63) is 59.8 Å². The van der Waals surface area contributed by atoms with E-state index in [-0.39, 0.29) is 42.1 Å². The molecule has 2 aliphatic rings. The van der Waals surface area contributed by atoms with E-state index in [4.69, 9.17) is 9.47 Å². The summed E-state index contributed by atoms with van der Waals surface area (Å²) in [4.78, 5) is 39.5. The standard InChI is InChI=1S/C36H50N6O7S/c1-23-19-42(31-14-13-29(17-30(23)31)50(46,47)41-16-15-27(22-41)39-33(44)48-35(3,4)5)24(2)32(43)37-18-25-9-11-26(12-10-25)38-28-20-40(21-28)34(45)49-36(6,7)8/h9-14,17,19,24,27-28,38H,15-16,18,20-22H2,1-8H3,(H,37,43)(H,39,44)/t24?,27-/m1/s1. The van der Waals surface area contributed by atoms with Gasteiger partial charge in [0.25, 0.3) is 0 Å². The average molecular weight is 711 g/mol. The van der Waals surface area contributed by atoms with Crippen LogP contribution in [0.4, 0.5) is 15.3 Å². The molecule has 0 aliphatic carbocycles. The lowest BCUT2D eigenvalue weighted by molar-refractivity contribution is -0.123. The van der Waals surface area contributed by atoms with Crippen LogP contribution in [-0.2, 0) is 30.8 Å². The van der Waals surface area contributed by atoms with Gasteiger partial charge in [-0.3, -0.25) is 4.79 Å². The van der Waals surface area contributed by atoms with E-state index in [9.17, 15) is 22.8 Å². The number of benzene rings is 2. The highest BCUT2D eigenvalue weighted by Gasteiger charge is 2.35. The van der Waals surface area contributed by atoms with E-state index in [2.05, 4.69) is 16.0 Å². The zero-order valence-corrected chi connectivity index (χ0v) is 31.0. The van der Waals surface area contributed by atoms with E-state index in [0.717, 1.165) is 27.7 Å². The van der Waals surface area contributed by atoms with Crippen molar-refractivity contribution >= 4 is 44.7 Å². The summed E-state index contributed by atoms with van der Waals surface area (Å²) in [5.74, 6) is -0.168. The Bertz CT molecular complexity index is 1840. The molecule has 272 valence electrons. The number of hydrogen-bond acceptors (Lipinski definition) is 8. The number of aromatic nitrogens is 1. The molecule has 50 heavy (non-hydrogen) atoms. The predicted molar refractivity (Wildman–Crippen MR) is 191 cm³/mol. The summed E-state index contributed by atoms with van der Waals surface area (Å²) in [5.41, 5.74) is 2.31. The largest absolute Gasteiger partial charge is 0.444 e. The minimum atomic E-state index is -3.81. The fourth-order valence-corrected chi connectivity index (χ4v) is 7.56. The maximum Gasteiger partial charge on any atom is 0.410 e. The smallest absolute Gasteiger partial charge is 0.410 e. The van der Waals surface area contributed by atoms with E-state index in [1.54, 1.807) is 43.9 Å². The van der Waals surface area contributed by atoms with Crippen molar-refractivity contribution in [1.82, 2.24) is 24.4 Å². The number of nitrogens with one attached hydrogen (secondary N) is 3. The number of rotatable bonds is 9. The van der Waals surface area contributed by atoms with E-state index >= 15 is 0 Å². The van der Waals surface area contributed by atoms with Crippen LogP contribution in [0.25, 0.3) is 10.9 Å². The molecule has 1 aromatic heterocycles. The average Bonchev–Trinajstić information content (AvgIpc) is 3.60. The van der Waals surface area contributed by atoms with Crippen LogP contribution in [0.3, 0.4) is 0 Å². The second-order valence-electron chi connectivity index (χ2n) is 15.2. The molecule has 2 atom stereocenters. The second kappa shape index (κ2) is 14.1. The molecule has 3 heterocycles. The molecule has 2 aromatic carbocycles. The third kappa shape index (κ3) is 8.88. The molecule has 0 radical (unpaired) electrons. The maximum absolute atomic E-state index is 13.6. The number of carbonyl (C=O) groups excluding carboxylic acids is 3. The first-order chi connectivity index (χ1) is 23.3. The number of fused-ring (bicyclic) bond motifs is 1. The molecule has 3 amide bonds. The van der Waals surface area contributed by atoms with Crippen molar-refractivity contribution in [1.29, 1.82) is 0 Å². The van der Waals surface area contributed by atoms with Crippen LogP contribution < -0.4 is 16.0 Å². The number of anilines is 1. The number of alkyl carbamates (subject to hydrolysis) is 1. The summed E-state index contributed by atoms with van der Waals surface area (Å²) >= 11 is 0. The number of likely N-dealkylation sites (tertiary alicyclic amines) is 1. The fourth-order valence-electron chi connectivity index (χ4n) is 6.04. The molecule has 1 unspecified atom stereocenters. The van der Waals surface area contributed by atoms with Gasteiger partial charge in [-0.25, -0.2) is 18.0 Å². The van der Waals surface area contributed by atoms with Crippen LogP contribution in [0.15, 0.2) is 53.6 Å². The molecule has 3 aromatic rings. The Morgan fingerprint density at radius 3 is 2.22 bits per heavy atom. The van der Waals surface area contributed by atoms with Crippen molar-refractivity contribution in [2.24, 2.45) is 0 Å². The Labute approximate surface area is 294 Å². The lowest BCUT2D eigenvalue weighted by Gasteiger charge is -2.40. The van der Waals surface area contributed by atoms with E-state index < -0.39 is 33.4 Å². The zero-order valence-electron chi connectivity index (χ0n) is 30.2. The quantitative estimate of drug-likeness (QED) is 0.276. The highest BCUT2D eigenvalue weighted by atomic mass is 32.2. The summed E-state index contributed by atoms with van der Waals surface area (Å²) in [7, 11) is -3.81. The van der Waals surface area contributed by atoms with Crippen LogP contribution >= 0.6 is 0 Å². The molecule has 14 heteroatoms. The number of aryl methyl sites for hydroxylation is 1. The van der Waals surface area contributed by atoms with Gasteiger partial charge in [-0.1, -0.05) is 12.1 Å². The van der Waals surface area contributed by atoms with Gasteiger partial charge in [-0.15, -0.1) is 0 Å². The minimum absolute atomic E-state index is 0.144. The Hall–Kier alpha value is -4.30. The number of hydrogen-bond donors (Lipinski definition) is 3. The number of nitrogens with zero attached hydrogens (tertiary/aromatic N) is 3. The monoisotopic (exact) mass is 710 g/mol. The van der Waals surface area contributed by atoms with Gasteiger partial charge in [-0.2, -0.15) is 4.31 Å². The molecule has 0 spiro atoms. The van der Waals surface area contributed by atoms with Crippen LogP contribution in [0.2, 0.25) is 0 Å². The third-order valence-electron chi connectivity index (χ3n) is 8.63. The van der Waals surface area contributed by atoms with Gasteiger partial charge in [0.05, 0.1) is 10.9 Å². The van der Waals surface area contributed by atoms with Gasteiger partial charge in [0.15, 0.2) is 0 Å². The minimum Gasteiger partial charge on any atom is -0.444 e. The van der Waals surface area contributed by atoms with Crippen LogP contribution in [-0.4, -0.2) is 89.7 Å². The number of sulfonamides is 1. The van der Waals surface area contributed by atoms with Gasteiger partial charge in [0.2, 0.25) is 15.9 Å². The predicted octanol–water partition coefficient (Wildman–Crippen LogP) is 5.15. The Balaban J connectivity index is 1.14. The van der Waals surface area contributed by atoms with E-state index in [1.807, 2.05) is 69.6 Å². The molecular weight excluding hydrogens is 660 g/mol. The zero-order chi connectivity index (χ0) is 36.6. The lowest BCUT2D eigenvalue weighted by Crippen LogP contribution is -2.57. The van der Waals surface area contributed by atoms with Crippen LogP contribution in [0.1, 0.15) is 72.1 Å². The van der Waals surface area contributed by atoms with Crippen molar-refractivity contribution in [3.8, 4) is 0 Å². The van der Waals surface area contributed by atoms with Gasteiger partial charge >= 0.3 is 12.2 Å². The molecule has 5 rings (SSSR count). The third-order valence-corrected chi connectivity index (χ3v) is 10.5. The Kier molecular flexibility index (Phi) is 10.5. The lowest BCUT2D eigenvalue weighted by atomic mass is 10.1. The van der Waals surface area contributed by atoms with Crippen molar-refractivity contribution in [3.63, 3.8) is 0 Å². The SMILES string of the molecule is Cc1cn(C(C)C(=O)NCc2ccc(NC3CN(C(=O)OC(C)(C)C)C3)cc2)c2ccc(S(=O)(=O)N3CC[C@@H](NC(=O)OC(C)(C)C)C3)cc12. The molecule has 2 aliphatic heterocycles. The van der Waals surface area contributed by atoms with Crippen LogP contribution in [0, 0.1) is 6.92 Å². The summed E-state index contributed by atoms with van der Waals surface area (Å²) < 4.78 is 41.1. The first-order valence-electron chi connectivity index (χ1n) is 17.0. The Morgan fingerprint density at radius 1 is 0.920 bits per heavy atom. The number of amides is 3. The normalized spacial score (nSPS) is 18.0. The number of ether oxygens (including phenoxy) is 2. The summed E-state index contributed by atoms with van der Waals surface area (Å²) in [6.45, 7) is 16.5. The van der Waals surface area contributed by atoms with Gasteiger partial charge in [0.1, 0.15) is 17.2 Å². The Morgan fingerprint density at radius 2 is 1.58 bits per heavy atom. The molecule has 2 fully saturated rings. The molecular formula is C36H50N6O7S. The highest BCUT2D eigenvalue weighted by molar-refractivity contribution is 7.89. The molecule has 0 saturated carbocycles. The molecule has 0 bridgehead atoms. The topological polar surface area (TPSA) is 151 Å². The van der Waals surface area contributed by atoms with Gasteiger partial charge in [0, 0.05) is 61.6 Å². The van der Waals surface area contributed by atoms with Gasteiger partial charge in [-0.05, 0) is 103 Å². The van der Waals surface area contributed by atoms with E-state index in [1.165, 1.54) is 4.31 Å². The molecule has 2 saturated heterocycles. The van der Waals surface area contributed by atoms with Crippen molar-refractivity contribution in [2.45, 2.75) is 103 Å². The van der Waals surface area contributed by atoms with Crippen LogP contribution in [0.5, 0.6) is 0 Å². The highest BCUT2D eigenvalue weighted by Crippen LogP contribution is 2.30. The summed E-state index contributed by atoms with van der Waals surface area (Å²) in [5, 5.41) is 9.95.